The Morgan fingerprint density at radius 1 is 1.53 bits per heavy atom. The van der Waals surface area contributed by atoms with Gasteiger partial charge in [0.25, 0.3) is 5.91 Å². The molecule has 0 unspecified atom stereocenters. The lowest BCUT2D eigenvalue weighted by Gasteiger charge is -2.07. The van der Waals surface area contributed by atoms with Crippen LogP contribution >= 0.6 is 0 Å². The van der Waals surface area contributed by atoms with Crippen molar-refractivity contribution >= 4 is 22.9 Å². The van der Waals surface area contributed by atoms with E-state index in [2.05, 4.69) is 15.0 Å². The number of rotatable bonds is 1. The summed E-state index contributed by atoms with van der Waals surface area (Å²) in [5, 5.41) is 0.773. The minimum atomic E-state index is -0.105. The molecule has 0 bridgehead atoms. The highest BCUT2D eigenvalue weighted by atomic mass is 16.2. The summed E-state index contributed by atoms with van der Waals surface area (Å²) in [5.41, 5.74) is 6.49. The van der Waals surface area contributed by atoms with Crippen LogP contribution in [-0.2, 0) is 0 Å². The lowest BCUT2D eigenvalue weighted by atomic mass is 10.3. The zero-order valence-electron chi connectivity index (χ0n) is 8.48. The van der Waals surface area contributed by atoms with E-state index in [1.54, 1.807) is 26.4 Å². The van der Waals surface area contributed by atoms with Gasteiger partial charge >= 0.3 is 0 Å². The second-order valence-electron chi connectivity index (χ2n) is 3.41. The average molecular weight is 205 g/mol. The molecular weight excluding hydrogens is 194 g/mol. The van der Waals surface area contributed by atoms with Crippen LogP contribution in [0.4, 0.5) is 5.95 Å². The van der Waals surface area contributed by atoms with E-state index in [0.717, 1.165) is 5.39 Å². The molecule has 0 saturated carbocycles. The molecular formula is C9H11N5O. The van der Waals surface area contributed by atoms with E-state index < -0.39 is 0 Å². The number of hydrogen-bond acceptors (Lipinski definition) is 4. The molecule has 6 nitrogen and oxygen atoms in total. The Morgan fingerprint density at radius 2 is 2.27 bits per heavy atom. The van der Waals surface area contributed by atoms with Crippen LogP contribution in [0.5, 0.6) is 0 Å². The molecule has 0 fully saturated rings. The maximum atomic E-state index is 11.6. The third kappa shape index (κ3) is 1.61. The van der Waals surface area contributed by atoms with Crippen molar-refractivity contribution in [2.75, 3.05) is 19.8 Å². The van der Waals surface area contributed by atoms with Crippen LogP contribution in [0.15, 0.2) is 12.3 Å². The van der Waals surface area contributed by atoms with Gasteiger partial charge in [0.2, 0.25) is 5.95 Å². The average Bonchev–Trinajstić information content (AvgIpc) is 2.58. The Kier molecular flexibility index (Phi) is 2.03. The molecule has 2 rings (SSSR count). The van der Waals surface area contributed by atoms with E-state index in [-0.39, 0.29) is 11.9 Å². The predicted octanol–water partition coefficient (Wildman–Crippen LogP) is 0.242. The van der Waals surface area contributed by atoms with Gasteiger partial charge in [-0.2, -0.15) is 4.98 Å². The largest absolute Gasteiger partial charge is 0.368 e. The van der Waals surface area contributed by atoms with Crippen molar-refractivity contribution in [3.63, 3.8) is 0 Å². The van der Waals surface area contributed by atoms with E-state index in [0.29, 0.717) is 11.3 Å². The Labute approximate surface area is 86.1 Å². The second-order valence-corrected chi connectivity index (χ2v) is 3.41. The number of amides is 1. The summed E-state index contributed by atoms with van der Waals surface area (Å²) in [6, 6.07) is 1.71. The van der Waals surface area contributed by atoms with Gasteiger partial charge < -0.3 is 15.6 Å². The summed E-state index contributed by atoms with van der Waals surface area (Å²) < 4.78 is 0. The van der Waals surface area contributed by atoms with Gasteiger partial charge in [0, 0.05) is 25.7 Å². The first-order valence-electron chi connectivity index (χ1n) is 4.41. The van der Waals surface area contributed by atoms with Gasteiger partial charge in [-0.3, -0.25) is 4.79 Å². The maximum Gasteiger partial charge on any atom is 0.269 e. The molecule has 0 radical (unpaired) electrons. The molecule has 3 N–H and O–H groups in total. The molecule has 2 heterocycles. The third-order valence-electron chi connectivity index (χ3n) is 2.03. The van der Waals surface area contributed by atoms with Crippen molar-refractivity contribution in [3.05, 3.63) is 18.0 Å². The molecule has 0 spiro atoms. The fourth-order valence-corrected chi connectivity index (χ4v) is 1.29. The molecule has 0 aliphatic rings. The van der Waals surface area contributed by atoms with Crippen LogP contribution in [0.25, 0.3) is 11.0 Å². The van der Waals surface area contributed by atoms with Crippen LogP contribution in [-0.4, -0.2) is 39.9 Å². The van der Waals surface area contributed by atoms with Crippen molar-refractivity contribution in [1.82, 2.24) is 19.9 Å². The number of aromatic amines is 1. The third-order valence-corrected chi connectivity index (χ3v) is 2.03. The van der Waals surface area contributed by atoms with Crippen molar-refractivity contribution in [2.24, 2.45) is 0 Å². The van der Waals surface area contributed by atoms with Gasteiger partial charge in [0.15, 0.2) is 0 Å². The smallest absolute Gasteiger partial charge is 0.269 e. The van der Waals surface area contributed by atoms with Gasteiger partial charge in [-0.15, -0.1) is 0 Å². The Balaban J connectivity index is 2.52. The SMILES string of the molecule is CN(C)C(=O)c1cc2cnc(N)nc2[nH]1. The summed E-state index contributed by atoms with van der Waals surface area (Å²) in [4.78, 5) is 23.8. The standard InChI is InChI=1S/C9H11N5O/c1-14(2)8(15)6-3-5-4-11-9(10)13-7(5)12-6/h3-4H,1-2H3,(H3,10,11,12,13). The normalized spacial score (nSPS) is 10.5. The van der Waals surface area contributed by atoms with Crippen LogP contribution in [0.3, 0.4) is 0 Å². The van der Waals surface area contributed by atoms with Crippen LogP contribution in [0, 0.1) is 0 Å². The molecule has 0 atom stereocenters. The van der Waals surface area contributed by atoms with Crippen molar-refractivity contribution in [2.45, 2.75) is 0 Å². The zero-order valence-corrected chi connectivity index (χ0v) is 8.48. The Bertz CT molecular complexity index is 516. The molecule has 78 valence electrons. The van der Waals surface area contributed by atoms with Crippen LogP contribution < -0.4 is 5.73 Å². The number of nitrogen functional groups attached to an aromatic ring is 1. The molecule has 15 heavy (non-hydrogen) atoms. The van der Waals surface area contributed by atoms with E-state index in [1.807, 2.05) is 0 Å². The number of carbonyl (C=O) groups is 1. The number of nitrogens with zero attached hydrogens (tertiary/aromatic N) is 3. The van der Waals surface area contributed by atoms with Gasteiger partial charge in [0.1, 0.15) is 11.3 Å². The maximum absolute atomic E-state index is 11.6. The number of anilines is 1. The van der Waals surface area contributed by atoms with E-state index in [4.69, 9.17) is 5.73 Å². The van der Waals surface area contributed by atoms with Gasteiger partial charge in [0.05, 0.1) is 0 Å². The van der Waals surface area contributed by atoms with Crippen LogP contribution in [0.1, 0.15) is 10.5 Å². The highest BCUT2D eigenvalue weighted by Crippen LogP contribution is 2.13. The topological polar surface area (TPSA) is 87.9 Å². The Morgan fingerprint density at radius 3 is 2.93 bits per heavy atom. The van der Waals surface area contributed by atoms with E-state index in [9.17, 15) is 4.79 Å². The molecule has 1 amide bonds. The van der Waals surface area contributed by atoms with Crippen LogP contribution in [0.2, 0.25) is 0 Å². The first-order chi connectivity index (χ1) is 7.08. The molecule has 0 saturated heterocycles. The summed E-state index contributed by atoms with van der Waals surface area (Å²) in [6.07, 6.45) is 1.58. The summed E-state index contributed by atoms with van der Waals surface area (Å²) in [7, 11) is 3.38. The molecule has 0 aliphatic carbocycles. The van der Waals surface area contributed by atoms with E-state index in [1.165, 1.54) is 4.90 Å². The number of nitrogens with two attached hydrogens (primary N) is 1. The van der Waals surface area contributed by atoms with Gasteiger partial charge in [-0.05, 0) is 6.07 Å². The number of aromatic nitrogens is 3. The molecule has 0 aliphatic heterocycles. The quantitative estimate of drug-likeness (QED) is 0.698. The van der Waals surface area contributed by atoms with Crippen molar-refractivity contribution in [3.8, 4) is 0 Å². The fraction of sp³-hybridized carbons (Fsp3) is 0.222. The lowest BCUT2D eigenvalue weighted by Crippen LogP contribution is -2.21. The van der Waals surface area contributed by atoms with E-state index >= 15 is 0 Å². The highest BCUT2D eigenvalue weighted by Gasteiger charge is 2.11. The summed E-state index contributed by atoms with van der Waals surface area (Å²) in [5.74, 6) is 0.0831. The minimum absolute atomic E-state index is 0.105. The lowest BCUT2D eigenvalue weighted by molar-refractivity contribution is 0.0823. The van der Waals surface area contributed by atoms with Gasteiger partial charge in [-0.25, -0.2) is 4.98 Å². The molecule has 0 aromatic carbocycles. The van der Waals surface area contributed by atoms with Crippen molar-refractivity contribution in [1.29, 1.82) is 0 Å². The number of carbonyl (C=O) groups excluding carboxylic acids is 1. The first-order valence-corrected chi connectivity index (χ1v) is 4.41. The number of H-pyrrole nitrogens is 1. The zero-order chi connectivity index (χ0) is 11.0. The minimum Gasteiger partial charge on any atom is -0.368 e. The monoisotopic (exact) mass is 205 g/mol. The predicted molar refractivity (Wildman–Crippen MR) is 56.3 cm³/mol. The summed E-state index contributed by atoms with van der Waals surface area (Å²) >= 11 is 0. The first kappa shape index (κ1) is 9.45. The molecule has 6 heteroatoms. The number of fused-ring (bicyclic) bond motifs is 1. The molecule has 2 aromatic heterocycles. The van der Waals surface area contributed by atoms with Gasteiger partial charge in [-0.1, -0.05) is 0 Å². The number of hydrogen-bond donors (Lipinski definition) is 2. The van der Waals surface area contributed by atoms with Crippen molar-refractivity contribution < 1.29 is 4.79 Å². The number of nitrogens with one attached hydrogen (secondary N) is 1. The highest BCUT2D eigenvalue weighted by molar-refractivity contribution is 5.96. The second kappa shape index (κ2) is 3.23. The molecule has 2 aromatic rings. The Hall–Kier alpha value is -2.11. The summed E-state index contributed by atoms with van der Waals surface area (Å²) in [6.45, 7) is 0. The fourth-order valence-electron chi connectivity index (χ4n) is 1.29.